The maximum atomic E-state index is 11.3. The maximum absolute atomic E-state index is 11.3. The van der Waals surface area contributed by atoms with Crippen LogP contribution in [0.25, 0.3) is 0 Å². The molecule has 0 aliphatic carbocycles. The average Bonchev–Trinajstić information content (AvgIpc) is 2.59. The topological polar surface area (TPSA) is 67.2 Å². The highest BCUT2D eigenvalue weighted by atomic mass is 16.5. The lowest BCUT2D eigenvalue weighted by Crippen LogP contribution is -2.28. The maximum Gasteiger partial charge on any atom is 0.221 e. The van der Waals surface area contributed by atoms with Crippen molar-refractivity contribution in [1.29, 1.82) is 0 Å². The van der Waals surface area contributed by atoms with Crippen molar-refractivity contribution < 1.29 is 9.32 Å². The van der Waals surface area contributed by atoms with Gasteiger partial charge in [-0.1, -0.05) is 5.16 Å². The third kappa shape index (κ3) is 3.85. The van der Waals surface area contributed by atoms with Crippen molar-refractivity contribution in [2.45, 2.75) is 40.2 Å². The summed E-state index contributed by atoms with van der Waals surface area (Å²) in [6, 6.07) is 0.149. The van der Waals surface area contributed by atoms with E-state index in [-0.39, 0.29) is 11.9 Å². The first-order chi connectivity index (χ1) is 8.06. The largest absolute Gasteiger partial charge is 0.361 e. The molecule has 96 valence electrons. The zero-order valence-corrected chi connectivity index (χ0v) is 11.0. The summed E-state index contributed by atoms with van der Waals surface area (Å²) >= 11 is 0. The predicted molar refractivity (Wildman–Crippen MR) is 65.7 cm³/mol. The molecule has 0 saturated carbocycles. The van der Waals surface area contributed by atoms with Gasteiger partial charge in [0.2, 0.25) is 5.91 Å². The van der Waals surface area contributed by atoms with Crippen LogP contribution < -0.4 is 10.6 Å². The van der Waals surface area contributed by atoms with Crippen molar-refractivity contribution >= 4 is 5.91 Å². The summed E-state index contributed by atoms with van der Waals surface area (Å²) in [7, 11) is 0. The molecular formula is C12H21N3O2. The Hall–Kier alpha value is -1.36. The summed E-state index contributed by atoms with van der Waals surface area (Å²) in [6.07, 6.45) is 0.488. The monoisotopic (exact) mass is 239 g/mol. The third-order valence-electron chi connectivity index (χ3n) is 2.70. The number of hydrogen-bond acceptors (Lipinski definition) is 4. The lowest BCUT2D eigenvalue weighted by atomic mass is 10.1. The standard InChI is InChI=1S/C12H21N3O2/c1-5-13-11(16)6-7-14-8(2)12-9(3)15-17-10(12)4/h8,14H,5-7H2,1-4H3,(H,13,16). The highest BCUT2D eigenvalue weighted by Gasteiger charge is 2.15. The van der Waals surface area contributed by atoms with Gasteiger partial charge in [-0.25, -0.2) is 0 Å². The molecule has 1 aromatic rings. The quantitative estimate of drug-likeness (QED) is 0.789. The summed E-state index contributed by atoms with van der Waals surface area (Å²) in [6.45, 7) is 9.11. The molecule has 1 amide bonds. The van der Waals surface area contributed by atoms with Gasteiger partial charge in [0.05, 0.1) is 5.69 Å². The lowest BCUT2D eigenvalue weighted by molar-refractivity contribution is -0.120. The third-order valence-corrected chi connectivity index (χ3v) is 2.70. The molecule has 0 saturated heterocycles. The van der Waals surface area contributed by atoms with Crippen LogP contribution in [0, 0.1) is 13.8 Å². The van der Waals surface area contributed by atoms with Gasteiger partial charge in [-0.15, -0.1) is 0 Å². The molecule has 5 nitrogen and oxygen atoms in total. The van der Waals surface area contributed by atoms with Gasteiger partial charge in [0.25, 0.3) is 0 Å². The van der Waals surface area contributed by atoms with Gasteiger partial charge in [0, 0.05) is 31.1 Å². The number of hydrogen-bond donors (Lipinski definition) is 2. The fourth-order valence-corrected chi connectivity index (χ4v) is 1.90. The van der Waals surface area contributed by atoms with Crippen LogP contribution in [0.1, 0.15) is 43.3 Å². The zero-order chi connectivity index (χ0) is 12.8. The SMILES string of the molecule is CCNC(=O)CCNC(C)c1c(C)noc1C. The summed E-state index contributed by atoms with van der Waals surface area (Å²) in [5.74, 6) is 0.909. The van der Waals surface area contributed by atoms with Crippen LogP contribution in [0.2, 0.25) is 0 Å². The van der Waals surface area contributed by atoms with E-state index in [0.717, 1.165) is 17.0 Å². The second-order valence-electron chi connectivity index (χ2n) is 4.12. The summed E-state index contributed by atoms with van der Waals surface area (Å²) < 4.78 is 5.11. The molecule has 0 aromatic carbocycles. The van der Waals surface area contributed by atoms with Crippen LogP contribution in [0.3, 0.4) is 0 Å². The Bertz CT molecular complexity index is 354. The zero-order valence-electron chi connectivity index (χ0n) is 11.0. The van der Waals surface area contributed by atoms with Crippen LogP contribution >= 0.6 is 0 Å². The van der Waals surface area contributed by atoms with E-state index in [1.807, 2.05) is 27.7 Å². The molecule has 1 unspecified atom stereocenters. The Morgan fingerprint density at radius 3 is 2.71 bits per heavy atom. The summed E-state index contributed by atoms with van der Waals surface area (Å²) in [5, 5.41) is 9.98. The van der Waals surface area contributed by atoms with Gasteiger partial charge < -0.3 is 15.2 Å². The number of amides is 1. The van der Waals surface area contributed by atoms with E-state index in [4.69, 9.17) is 4.52 Å². The van der Waals surface area contributed by atoms with Gasteiger partial charge in [-0.3, -0.25) is 4.79 Å². The normalized spacial score (nSPS) is 12.5. The van der Waals surface area contributed by atoms with Crippen molar-refractivity contribution in [3.63, 3.8) is 0 Å². The van der Waals surface area contributed by atoms with E-state index in [1.165, 1.54) is 0 Å². The Labute approximate surface area is 102 Å². The molecule has 0 fully saturated rings. The van der Waals surface area contributed by atoms with Gasteiger partial charge in [-0.2, -0.15) is 0 Å². The van der Waals surface area contributed by atoms with Crippen molar-refractivity contribution in [1.82, 2.24) is 15.8 Å². The first-order valence-corrected chi connectivity index (χ1v) is 5.99. The van der Waals surface area contributed by atoms with Gasteiger partial charge in [-0.05, 0) is 27.7 Å². The molecular weight excluding hydrogens is 218 g/mol. The van der Waals surface area contributed by atoms with Gasteiger partial charge >= 0.3 is 0 Å². The Morgan fingerprint density at radius 2 is 2.18 bits per heavy atom. The van der Waals surface area contributed by atoms with Crippen molar-refractivity contribution in [2.75, 3.05) is 13.1 Å². The number of aryl methyl sites for hydroxylation is 2. The van der Waals surface area contributed by atoms with Crippen LogP contribution in [0.4, 0.5) is 0 Å². The number of aromatic nitrogens is 1. The molecule has 0 radical (unpaired) electrons. The van der Waals surface area contributed by atoms with E-state index >= 15 is 0 Å². The van der Waals surface area contributed by atoms with Crippen molar-refractivity contribution in [2.24, 2.45) is 0 Å². The van der Waals surface area contributed by atoms with Crippen molar-refractivity contribution in [3.8, 4) is 0 Å². The number of carbonyl (C=O) groups excluding carboxylic acids is 1. The first-order valence-electron chi connectivity index (χ1n) is 5.99. The Morgan fingerprint density at radius 1 is 1.47 bits per heavy atom. The molecule has 0 spiro atoms. The summed E-state index contributed by atoms with van der Waals surface area (Å²) in [5.41, 5.74) is 1.99. The number of nitrogens with one attached hydrogen (secondary N) is 2. The average molecular weight is 239 g/mol. The van der Waals surface area contributed by atoms with Crippen LogP contribution in [0.5, 0.6) is 0 Å². The van der Waals surface area contributed by atoms with E-state index in [1.54, 1.807) is 0 Å². The Kier molecular flexibility index (Phi) is 5.15. The van der Waals surface area contributed by atoms with E-state index in [2.05, 4.69) is 15.8 Å². The van der Waals surface area contributed by atoms with Gasteiger partial charge in [0.15, 0.2) is 0 Å². The van der Waals surface area contributed by atoms with Crippen LogP contribution in [-0.4, -0.2) is 24.2 Å². The van der Waals surface area contributed by atoms with Crippen LogP contribution in [0.15, 0.2) is 4.52 Å². The van der Waals surface area contributed by atoms with Crippen molar-refractivity contribution in [3.05, 3.63) is 17.0 Å². The second-order valence-corrected chi connectivity index (χ2v) is 4.12. The second kappa shape index (κ2) is 6.39. The smallest absolute Gasteiger partial charge is 0.221 e. The molecule has 0 bridgehead atoms. The number of carbonyl (C=O) groups is 1. The minimum atomic E-state index is 0.0750. The molecule has 2 N–H and O–H groups in total. The fourth-order valence-electron chi connectivity index (χ4n) is 1.90. The molecule has 0 aliphatic rings. The Balaban J connectivity index is 2.40. The molecule has 1 rings (SSSR count). The minimum absolute atomic E-state index is 0.0750. The number of rotatable bonds is 6. The lowest BCUT2D eigenvalue weighted by Gasteiger charge is -2.13. The molecule has 1 atom stereocenters. The van der Waals surface area contributed by atoms with E-state index in [9.17, 15) is 4.79 Å². The molecule has 1 aromatic heterocycles. The first kappa shape index (κ1) is 13.7. The van der Waals surface area contributed by atoms with E-state index < -0.39 is 0 Å². The minimum Gasteiger partial charge on any atom is -0.361 e. The predicted octanol–water partition coefficient (Wildman–Crippen LogP) is 1.47. The number of nitrogens with zero attached hydrogens (tertiary/aromatic N) is 1. The summed E-state index contributed by atoms with van der Waals surface area (Å²) in [4.78, 5) is 11.3. The highest BCUT2D eigenvalue weighted by Crippen LogP contribution is 2.20. The molecule has 0 aliphatic heterocycles. The molecule has 5 heteroatoms. The van der Waals surface area contributed by atoms with E-state index in [0.29, 0.717) is 19.5 Å². The molecule has 17 heavy (non-hydrogen) atoms. The fraction of sp³-hybridized carbons (Fsp3) is 0.667. The van der Waals surface area contributed by atoms with Gasteiger partial charge in [0.1, 0.15) is 5.76 Å². The highest BCUT2D eigenvalue weighted by molar-refractivity contribution is 5.75. The van der Waals surface area contributed by atoms with Crippen LogP contribution in [-0.2, 0) is 4.79 Å². The molecule has 1 heterocycles.